The van der Waals surface area contributed by atoms with Crippen LogP contribution in [-0.4, -0.2) is 50.9 Å². The molecule has 218 valence electrons. The highest BCUT2D eigenvalue weighted by molar-refractivity contribution is 7.92. The lowest BCUT2D eigenvalue weighted by Crippen LogP contribution is -2.52. The fourth-order valence-electron chi connectivity index (χ4n) is 4.95. The highest BCUT2D eigenvalue weighted by atomic mass is 32.2. The number of para-hydroxylation sites is 1. The summed E-state index contributed by atoms with van der Waals surface area (Å²) in [5.74, 6) is -1.19. The number of rotatable bonds is 11. The minimum Gasteiger partial charge on any atom is -0.497 e. The summed E-state index contributed by atoms with van der Waals surface area (Å²) in [7, 11) is -2.82. The van der Waals surface area contributed by atoms with Gasteiger partial charge in [0.25, 0.3) is 10.0 Å². The second-order valence-electron chi connectivity index (χ2n) is 10.3. The first-order valence-corrected chi connectivity index (χ1v) is 15.1. The van der Waals surface area contributed by atoms with Crippen LogP contribution >= 0.6 is 0 Å². The molecule has 0 aliphatic heterocycles. The van der Waals surface area contributed by atoms with E-state index in [9.17, 15) is 18.0 Å². The molecule has 0 bridgehead atoms. The molecule has 1 fully saturated rings. The molecule has 2 amide bonds. The Morgan fingerprint density at radius 2 is 1.71 bits per heavy atom. The molecule has 0 saturated heterocycles. The third kappa shape index (κ3) is 7.24. The number of methoxy groups -OCH3 is 1. The van der Waals surface area contributed by atoms with Gasteiger partial charge in [-0.25, -0.2) is 12.8 Å². The molecule has 1 aliphatic carbocycles. The third-order valence-electron chi connectivity index (χ3n) is 7.36. The average Bonchev–Trinajstić information content (AvgIpc) is 3.48. The number of hydrogen-bond acceptors (Lipinski definition) is 5. The number of anilines is 1. The van der Waals surface area contributed by atoms with Gasteiger partial charge in [0.15, 0.2) is 0 Å². The second kappa shape index (κ2) is 13.2. The van der Waals surface area contributed by atoms with Crippen molar-refractivity contribution in [3.63, 3.8) is 0 Å². The fourth-order valence-corrected chi connectivity index (χ4v) is 6.37. The molecule has 0 spiro atoms. The lowest BCUT2D eigenvalue weighted by atomic mass is 10.1. The van der Waals surface area contributed by atoms with Crippen molar-refractivity contribution in [2.24, 2.45) is 0 Å². The largest absolute Gasteiger partial charge is 0.497 e. The molecule has 4 rings (SSSR count). The van der Waals surface area contributed by atoms with E-state index in [0.717, 1.165) is 41.6 Å². The first-order chi connectivity index (χ1) is 19.6. The van der Waals surface area contributed by atoms with E-state index in [1.165, 1.54) is 42.3 Å². The zero-order valence-electron chi connectivity index (χ0n) is 23.5. The van der Waals surface area contributed by atoms with Gasteiger partial charge in [-0.05, 0) is 68.7 Å². The quantitative estimate of drug-likeness (QED) is 0.351. The van der Waals surface area contributed by atoms with E-state index in [2.05, 4.69) is 5.32 Å². The standard InChI is InChI=1S/C31H36FN3O5S/c1-22-15-17-27(18-16-22)41(38,39)35(29-14-7-6-13-28(29)32)21-30(36)34(20-24-9-8-12-26(19-24)40-3)23(2)31(37)33-25-10-4-5-11-25/h6-9,12-19,23,25H,4-5,10-11,20-21H2,1-3H3,(H,33,37)/t23-/m0/s1. The number of nitrogens with one attached hydrogen (secondary N) is 1. The molecular formula is C31H36FN3O5S. The fraction of sp³-hybridized carbons (Fsp3) is 0.355. The number of sulfonamides is 1. The Hall–Kier alpha value is -3.92. The van der Waals surface area contributed by atoms with Gasteiger partial charge >= 0.3 is 0 Å². The summed E-state index contributed by atoms with van der Waals surface area (Å²) in [5.41, 5.74) is 1.28. The number of carbonyl (C=O) groups is 2. The summed E-state index contributed by atoms with van der Waals surface area (Å²) < 4.78 is 48.8. The van der Waals surface area contributed by atoms with Crippen LogP contribution in [0.25, 0.3) is 0 Å². The van der Waals surface area contributed by atoms with E-state index in [0.29, 0.717) is 11.3 Å². The maximum Gasteiger partial charge on any atom is 0.264 e. The van der Waals surface area contributed by atoms with Gasteiger partial charge in [0, 0.05) is 12.6 Å². The average molecular weight is 582 g/mol. The summed E-state index contributed by atoms with van der Waals surface area (Å²) in [6, 6.07) is 17.7. The molecule has 41 heavy (non-hydrogen) atoms. The van der Waals surface area contributed by atoms with Gasteiger partial charge in [0.2, 0.25) is 11.8 Å². The van der Waals surface area contributed by atoms with Crippen molar-refractivity contribution in [1.82, 2.24) is 10.2 Å². The van der Waals surface area contributed by atoms with Crippen LogP contribution in [0.4, 0.5) is 10.1 Å². The highest BCUT2D eigenvalue weighted by Gasteiger charge is 2.34. The van der Waals surface area contributed by atoms with Gasteiger partial charge in [-0.2, -0.15) is 0 Å². The molecular weight excluding hydrogens is 545 g/mol. The molecule has 1 N–H and O–H groups in total. The van der Waals surface area contributed by atoms with Crippen LogP contribution in [0.15, 0.2) is 77.7 Å². The monoisotopic (exact) mass is 581 g/mol. The van der Waals surface area contributed by atoms with Crippen molar-refractivity contribution in [2.75, 3.05) is 18.0 Å². The SMILES string of the molecule is COc1cccc(CN(C(=O)CN(c2ccccc2F)S(=O)(=O)c2ccc(C)cc2)[C@@H](C)C(=O)NC2CCCC2)c1. The zero-order valence-corrected chi connectivity index (χ0v) is 24.4. The van der Waals surface area contributed by atoms with Gasteiger partial charge in [0.1, 0.15) is 24.2 Å². The lowest BCUT2D eigenvalue weighted by molar-refractivity contribution is -0.139. The Morgan fingerprint density at radius 3 is 2.37 bits per heavy atom. The van der Waals surface area contributed by atoms with E-state index in [1.54, 1.807) is 43.3 Å². The minimum atomic E-state index is -4.34. The van der Waals surface area contributed by atoms with Gasteiger partial charge in [-0.1, -0.05) is 54.8 Å². The first kappa shape index (κ1) is 30.0. The predicted octanol–water partition coefficient (Wildman–Crippen LogP) is 4.81. The van der Waals surface area contributed by atoms with Gasteiger partial charge in [0.05, 0.1) is 17.7 Å². The molecule has 8 nitrogen and oxygen atoms in total. The Kier molecular flexibility index (Phi) is 9.65. The van der Waals surface area contributed by atoms with Gasteiger partial charge < -0.3 is 15.0 Å². The zero-order chi connectivity index (χ0) is 29.6. The van der Waals surface area contributed by atoms with Crippen molar-refractivity contribution in [3.05, 3.63) is 89.7 Å². The van der Waals surface area contributed by atoms with E-state index < -0.39 is 34.3 Å². The van der Waals surface area contributed by atoms with Crippen molar-refractivity contribution >= 4 is 27.5 Å². The van der Waals surface area contributed by atoms with Crippen molar-refractivity contribution in [1.29, 1.82) is 0 Å². The highest BCUT2D eigenvalue weighted by Crippen LogP contribution is 2.27. The summed E-state index contributed by atoms with van der Waals surface area (Å²) in [4.78, 5) is 28.5. The molecule has 0 aromatic heterocycles. The number of halogens is 1. The molecule has 1 aliphatic rings. The first-order valence-electron chi connectivity index (χ1n) is 13.7. The topological polar surface area (TPSA) is 96.0 Å². The molecule has 0 radical (unpaired) electrons. The van der Waals surface area contributed by atoms with Crippen molar-refractivity contribution in [2.45, 2.75) is 63.1 Å². The Balaban J connectivity index is 1.70. The number of aryl methyl sites for hydroxylation is 1. The number of ether oxygens (including phenoxy) is 1. The maximum atomic E-state index is 15.0. The third-order valence-corrected chi connectivity index (χ3v) is 9.14. The number of hydrogen-bond donors (Lipinski definition) is 1. The van der Waals surface area contributed by atoms with Crippen LogP contribution in [-0.2, 0) is 26.2 Å². The van der Waals surface area contributed by atoms with Crippen LogP contribution < -0.4 is 14.4 Å². The second-order valence-corrected chi connectivity index (χ2v) is 12.2. The van der Waals surface area contributed by atoms with Crippen LogP contribution in [0.2, 0.25) is 0 Å². The predicted molar refractivity (Wildman–Crippen MR) is 156 cm³/mol. The van der Waals surface area contributed by atoms with Crippen LogP contribution in [0.3, 0.4) is 0 Å². The smallest absolute Gasteiger partial charge is 0.264 e. The van der Waals surface area contributed by atoms with Crippen LogP contribution in [0, 0.1) is 12.7 Å². The number of carbonyl (C=O) groups excluding carboxylic acids is 2. The molecule has 1 atom stereocenters. The Bertz CT molecular complexity index is 1470. The molecule has 3 aromatic carbocycles. The maximum absolute atomic E-state index is 15.0. The lowest BCUT2D eigenvalue weighted by Gasteiger charge is -2.32. The summed E-state index contributed by atoms with van der Waals surface area (Å²) in [6.45, 7) is 2.75. The summed E-state index contributed by atoms with van der Waals surface area (Å²) in [6.07, 6.45) is 3.80. The van der Waals surface area contributed by atoms with Crippen molar-refractivity contribution in [3.8, 4) is 5.75 Å². The number of nitrogens with zero attached hydrogens (tertiary/aromatic N) is 2. The Morgan fingerprint density at radius 1 is 1.02 bits per heavy atom. The Labute approximate surface area is 241 Å². The molecule has 0 unspecified atom stereocenters. The molecule has 1 saturated carbocycles. The summed E-state index contributed by atoms with van der Waals surface area (Å²) in [5, 5.41) is 3.03. The summed E-state index contributed by atoms with van der Waals surface area (Å²) >= 11 is 0. The van der Waals surface area contributed by atoms with Crippen LogP contribution in [0.1, 0.15) is 43.7 Å². The number of benzene rings is 3. The van der Waals surface area contributed by atoms with E-state index in [4.69, 9.17) is 4.74 Å². The van der Waals surface area contributed by atoms with E-state index in [1.807, 2.05) is 6.92 Å². The van der Waals surface area contributed by atoms with Gasteiger partial charge in [-0.15, -0.1) is 0 Å². The van der Waals surface area contributed by atoms with Crippen LogP contribution in [0.5, 0.6) is 5.75 Å². The minimum absolute atomic E-state index is 0.0188. The normalized spacial score (nSPS) is 14.3. The number of amides is 2. The van der Waals surface area contributed by atoms with Crippen molar-refractivity contribution < 1.29 is 27.1 Å². The molecule has 0 heterocycles. The van der Waals surface area contributed by atoms with Gasteiger partial charge in [-0.3, -0.25) is 13.9 Å². The molecule has 10 heteroatoms. The molecule has 3 aromatic rings. The van der Waals surface area contributed by atoms with E-state index >= 15 is 4.39 Å². The van der Waals surface area contributed by atoms with E-state index in [-0.39, 0.29) is 29.1 Å².